The van der Waals surface area contributed by atoms with Crippen LogP contribution in [-0.2, 0) is 27.5 Å². The van der Waals surface area contributed by atoms with Crippen LogP contribution in [0.25, 0.3) is 10.6 Å². The lowest BCUT2D eigenvalue weighted by Gasteiger charge is -2.27. The summed E-state index contributed by atoms with van der Waals surface area (Å²) in [5, 5.41) is 1.25. The molecular formula is C22H18F6N4O3S2. The van der Waals surface area contributed by atoms with Gasteiger partial charge in [-0.05, 0) is 37.3 Å². The Morgan fingerprint density at radius 2 is 1.84 bits per heavy atom. The van der Waals surface area contributed by atoms with Gasteiger partial charge in [-0.15, -0.1) is 11.3 Å². The van der Waals surface area contributed by atoms with Gasteiger partial charge in [0.05, 0.1) is 27.7 Å². The van der Waals surface area contributed by atoms with Crippen molar-refractivity contribution in [2.24, 2.45) is 0 Å². The van der Waals surface area contributed by atoms with Gasteiger partial charge in [-0.25, -0.2) is 26.6 Å². The highest BCUT2D eigenvalue weighted by Gasteiger charge is 2.49. The molecule has 1 aromatic carbocycles. The highest BCUT2D eigenvalue weighted by molar-refractivity contribution is 7.89. The Kier molecular flexibility index (Phi) is 7.32. The smallest absolute Gasteiger partial charge is 0.351 e. The van der Waals surface area contributed by atoms with Gasteiger partial charge in [0.25, 0.3) is 0 Å². The molecule has 0 saturated carbocycles. The van der Waals surface area contributed by atoms with Gasteiger partial charge in [0.2, 0.25) is 15.9 Å². The lowest BCUT2D eigenvalue weighted by atomic mass is 10.1. The number of rotatable bonds is 6. The van der Waals surface area contributed by atoms with E-state index >= 15 is 0 Å². The molecule has 3 aromatic rings. The molecule has 0 aliphatic carbocycles. The molecule has 1 fully saturated rings. The van der Waals surface area contributed by atoms with Gasteiger partial charge in [-0.2, -0.15) is 17.5 Å². The molecule has 37 heavy (non-hydrogen) atoms. The number of benzene rings is 1. The molecule has 0 unspecified atom stereocenters. The number of halogens is 6. The summed E-state index contributed by atoms with van der Waals surface area (Å²) in [4.78, 5) is 19.7. The first-order chi connectivity index (χ1) is 17.3. The van der Waals surface area contributed by atoms with Crippen LogP contribution in [0.3, 0.4) is 0 Å². The Morgan fingerprint density at radius 1 is 1.16 bits per heavy atom. The standard InChI is InChI=1S/C22H18F6N4O3S2/c1-11-15(24)7-18(32(11)37(34,35)14-4-2-13(23)3-5-14)20(33)30-8-12-6-17(29-9-16(12)25)19-10-31-21(36-19)22(26,27)28/h2-6,9-11,15,18H,7-8H2,1H3,(H,30,33)/t11-,15+,18-/m0/s1. The molecule has 0 bridgehead atoms. The average Bonchev–Trinajstić information content (AvgIpc) is 3.44. The summed E-state index contributed by atoms with van der Waals surface area (Å²) in [5.74, 6) is -2.46. The van der Waals surface area contributed by atoms with E-state index in [0.717, 1.165) is 42.7 Å². The zero-order valence-corrected chi connectivity index (χ0v) is 20.5. The summed E-state index contributed by atoms with van der Waals surface area (Å²) in [7, 11) is -4.39. The number of sulfonamides is 1. The van der Waals surface area contributed by atoms with Gasteiger partial charge in [0, 0.05) is 24.7 Å². The third-order valence-corrected chi connectivity index (χ3v) is 8.84. The molecule has 1 aliphatic heterocycles. The molecule has 3 atom stereocenters. The fraction of sp³-hybridized carbons (Fsp3) is 0.318. The normalized spacial score (nSPS) is 20.8. The molecule has 2 aromatic heterocycles. The Labute approximate surface area is 211 Å². The van der Waals surface area contributed by atoms with Gasteiger partial charge in [0.15, 0.2) is 5.01 Å². The van der Waals surface area contributed by atoms with E-state index in [9.17, 15) is 39.6 Å². The molecule has 198 valence electrons. The van der Waals surface area contributed by atoms with E-state index in [1.807, 2.05) is 0 Å². The van der Waals surface area contributed by atoms with Crippen LogP contribution >= 0.6 is 11.3 Å². The van der Waals surface area contributed by atoms with E-state index in [1.54, 1.807) is 0 Å². The van der Waals surface area contributed by atoms with Crippen molar-refractivity contribution in [3.63, 3.8) is 0 Å². The Balaban J connectivity index is 1.54. The van der Waals surface area contributed by atoms with Gasteiger partial charge in [0.1, 0.15) is 23.8 Å². The average molecular weight is 565 g/mol. The number of pyridine rings is 1. The van der Waals surface area contributed by atoms with Crippen molar-refractivity contribution in [2.45, 2.75) is 49.2 Å². The minimum atomic E-state index is -4.66. The van der Waals surface area contributed by atoms with E-state index in [2.05, 4.69) is 15.3 Å². The molecule has 1 saturated heterocycles. The van der Waals surface area contributed by atoms with Crippen molar-refractivity contribution in [1.82, 2.24) is 19.6 Å². The molecular weight excluding hydrogens is 546 g/mol. The number of alkyl halides is 4. The van der Waals surface area contributed by atoms with Crippen molar-refractivity contribution in [3.05, 3.63) is 64.9 Å². The highest BCUT2D eigenvalue weighted by atomic mass is 32.2. The molecule has 0 spiro atoms. The number of amides is 1. The van der Waals surface area contributed by atoms with Gasteiger partial charge < -0.3 is 5.32 Å². The minimum absolute atomic E-state index is 0.0151. The second-order valence-corrected chi connectivity index (χ2v) is 11.1. The monoisotopic (exact) mass is 564 g/mol. The van der Waals surface area contributed by atoms with Crippen molar-refractivity contribution in [1.29, 1.82) is 0 Å². The second-order valence-electron chi connectivity index (χ2n) is 8.20. The van der Waals surface area contributed by atoms with Crippen molar-refractivity contribution >= 4 is 27.3 Å². The van der Waals surface area contributed by atoms with Crippen LogP contribution in [0.2, 0.25) is 0 Å². The molecule has 3 heterocycles. The highest BCUT2D eigenvalue weighted by Crippen LogP contribution is 2.36. The quantitative estimate of drug-likeness (QED) is 0.451. The minimum Gasteiger partial charge on any atom is -0.351 e. The van der Waals surface area contributed by atoms with Crippen LogP contribution < -0.4 is 5.32 Å². The summed E-state index contributed by atoms with van der Waals surface area (Å²) < 4.78 is 108. The third-order valence-electron chi connectivity index (χ3n) is 5.76. The van der Waals surface area contributed by atoms with Gasteiger partial charge in [-0.3, -0.25) is 9.78 Å². The van der Waals surface area contributed by atoms with Crippen molar-refractivity contribution in [3.8, 4) is 10.6 Å². The molecule has 7 nitrogen and oxygen atoms in total. The first kappa shape index (κ1) is 27.0. The van der Waals surface area contributed by atoms with Crippen molar-refractivity contribution < 1.29 is 39.6 Å². The van der Waals surface area contributed by atoms with E-state index in [-0.39, 0.29) is 21.0 Å². The number of nitrogens with zero attached hydrogens (tertiary/aromatic N) is 3. The number of carbonyl (C=O) groups is 1. The number of aromatic nitrogens is 2. The largest absolute Gasteiger partial charge is 0.443 e. The maximum atomic E-state index is 14.5. The molecule has 4 rings (SSSR count). The van der Waals surface area contributed by atoms with Crippen LogP contribution in [0.1, 0.15) is 23.9 Å². The lowest BCUT2D eigenvalue weighted by Crippen LogP contribution is -2.48. The zero-order chi connectivity index (χ0) is 27.1. The van der Waals surface area contributed by atoms with E-state index in [0.29, 0.717) is 15.6 Å². The predicted octanol–water partition coefficient (Wildman–Crippen LogP) is 4.31. The number of nitrogens with one attached hydrogen (secondary N) is 1. The second kappa shape index (κ2) is 10.0. The first-order valence-corrected chi connectivity index (χ1v) is 12.9. The maximum Gasteiger partial charge on any atom is 0.443 e. The molecule has 0 radical (unpaired) electrons. The fourth-order valence-electron chi connectivity index (χ4n) is 3.87. The van der Waals surface area contributed by atoms with Crippen molar-refractivity contribution in [2.75, 3.05) is 0 Å². The molecule has 1 aliphatic rings. The zero-order valence-electron chi connectivity index (χ0n) is 18.8. The van der Waals surface area contributed by atoms with Gasteiger partial charge in [-0.1, -0.05) is 0 Å². The summed E-state index contributed by atoms with van der Waals surface area (Å²) in [6.07, 6.45) is -5.09. The number of thiazole rings is 1. The van der Waals surface area contributed by atoms with E-state index < -0.39 is 70.0 Å². The van der Waals surface area contributed by atoms with Gasteiger partial charge >= 0.3 is 6.18 Å². The van der Waals surface area contributed by atoms with Crippen LogP contribution in [0, 0.1) is 11.6 Å². The maximum absolute atomic E-state index is 14.5. The number of hydrogen-bond donors (Lipinski definition) is 1. The lowest BCUT2D eigenvalue weighted by molar-refractivity contribution is -0.137. The molecule has 1 N–H and O–H groups in total. The number of hydrogen-bond acceptors (Lipinski definition) is 6. The predicted molar refractivity (Wildman–Crippen MR) is 120 cm³/mol. The fourth-order valence-corrected chi connectivity index (χ4v) is 6.43. The molecule has 15 heteroatoms. The summed E-state index contributed by atoms with van der Waals surface area (Å²) >= 11 is 0.308. The first-order valence-electron chi connectivity index (χ1n) is 10.7. The van der Waals surface area contributed by atoms with Crippen LogP contribution in [0.4, 0.5) is 26.3 Å². The Bertz CT molecular complexity index is 1410. The van der Waals surface area contributed by atoms with Crippen LogP contribution in [0.5, 0.6) is 0 Å². The topological polar surface area (TPSA) is 92.3 Å². The van der Waals surface area contributed by atoms with Crippen LogP contribution in [0.15, 0.2) is 47.6 Å². The van der Waals surface area contributed by atoms with E-state index in [4.69, 9.17) is 0 Å². The Hall–Kier alpha value is -3.04. The third kappa shape index (κ3) is 5.48. The summed E-state index contributed by atoms with van der Waals surface area (Å²) in [6, 6.07) is 2.28. The summed E-state index contributed by atoms with van der Waals surface area (Å²) in [6.45, 7) is 0.815. The van der Waals surface area contributed by atoms with Crippen LogP contribution in [-0.4, -0.2) is 46.9 Å². The SMILES string of the molecule is C[C@H]1[C@H](F)C[C@@H](C(=O)NCc2cc(-c3cnc(C(F)(F)F)s3)ncc2F)N1S(=O)(=O)c1ccc(F)cc1. The Morgan fingerprint density at radius 3 is 2.46 bits per heavy atom. The van der Waals surface area contributed by atoms with E-state index in [1.165, 1.54) is 6.92 Å². The summed E-state index contributed by atoms with van der Waals surface area (Å²) in [5.41, 5.74) is -0.159. The number of carbonyl (C=O) groups excluding carboxylic acids is 1. The molecule has 1 amide bonds.